The van der Waals surface area contributed by atoms with Crippen LogP contribution in [0.2, 0.25) is 0 Å². The zero-order valence-corrected chi connectivity index (χ0v) is 14.7. The predicted molar refractivity (Wildman–Crippen MR) is 87.1 cm³/mol. The van der Waals surface area contributed by atoms with Crippen molar-refractivity contribution >= 4 is 0 Å². The molecule has 1 aliphatic heterocycles. The van der Waals surface area contributed by atoms with Crippen molar-refractivity contribution in [2.24, 2.45) is 11.3 Å². The molecule has 0 amide bonds. The van der Waals surface area contributed by atoms with E-state index in [0.29, 0.717) is 29.6 Å². The van der Waals surface area contributed by atoms with Crippen LogP contribution in [0, 0.1) is 11.3 Å². The number of likely N-dealkylation sites (N-methyl/N-ethyl adjacent to an activating group) is 1. The van der Waals surface area contributed by atoms with Crippen molar-refractivity contribution in [2.45, 2.75) is 72.6 Å². The van der Waals surface area contributed by atoms with Gasteiger partial charge in [0.1, 0.15) is 0 Å². The van der Waals surface area contributed by atoms with Crippen LogP contribution < -0.4 is 5.32 Å². The molecule has 1 fully saturated rings. The maximum Gasteiger partial charge on any atom is 0.0707 e. The van der Waals surface area contributed by atoms with Crippen molar-refractivity contribution in [1.82, 2.24) is 10.2 Å². The first-order valence-corrected chi connectivity index (χ1v) is 8.26. The average molecular weight is 284 g/mol. The van der Waals surface area contributed by atoms with Gasteiger partial charge in [0.2, 0.25) is 0 Å². The van der Waals surface area contributed by atoms with Crippen LogP contribution in [0.25, 0.3) is 0 Å². The molecule has 1 N–H and O–H groups in total. The Hall–Kier alpha value is -0.120. The van der Waals surface area contributed by atoms with Gasteiger partial charge in [0, 0.05) is 19.1 Å². The lowest BCUT2D eigenvalue weighted by molar-refractivity contribution is 0.0109. The molecule has 20 heavy (non-hydrogen) atoms. The van der Waals surface area contributed by atoms with Crippen molar-refractivity contribution in [3.05, 3.63) is 0 Å². The molecule has 3 atom stereocenters. The van der Waals surface area contributed by atoms with Gasteiger partial charge in [-0.15, -0.1) is 0 Å². The molecule has 1 aliphatic rings. The van der Waals surface area contributed by atoms with E-state index in [9.17, 15) is 0 Å². The molecule has 0 spiro atoms. The van der Waals surface area contributed by atoms with E-state index in [1.54, 1.807) is 0 Å². The summed E-state index contributed by atoms with van der Waals surface area (Å²) in [7, 11) is 2.23. The molecule has 3 unspecified atom stereocenters. The van der Waals surface area contributed by atoms with E-state index in [0.717, 1.165) is 19.6 Å². The highest BCUT2D eigenvalue weighted by Gasteiger charge is 2.29. The van der Waals surface area contributed by atoms with E-state index >= 15 is 0 Å². The molecule has 0 aromatic heterocycles. The first kappa shape index (κ1) is 17.9. The molecule has 0 bridgehead atoms. The summed E-state index contributed by atoms with van der Waals surface area (Å²) in [4.78, 5) is 2.45. The van der Waals surface area contributed by atoms with E-state index in [1.165, 1.54) is 12.8 Å². The van der Waals surface area contributed by atoms with E-state index in [2.05, 4.69) is 58.8 Å². The highest BCUT2D eigenvalue weighted by atomic mass is 16.5. The Morgan fingerprint density at radius 2 is 1.75 bits per heavy atom. The fourth-order valence-corrected chi connectivity index (χ4v) is 2.74. The van der Waals surface area contributed by atoms with Crippen LogP contribution in [-0.4, -0.2) is 49.8 Å². The molecule has 0 aromatic carbocycles. The van der Waals surface area contributed by atoms with Gasteiger partial charge < -0.3 is 15.0 Å². The monoisotopic (exact) mass is 284 g/mol. The Bertz CT molecular complexity index is 273. The SMILES string of the molecule is CC(C)CNCC1CCC(CN(C)C(C)C(C)(C)C)O1. The van der Waals surface area contributed by atoms with Crippen LogP contribution in [0.15, 0.2) is 0 Å². The van der Waals surface area contributed by atoms with Gasteiger partial charge in [0.25, 0.3) is 0 Å². The topological polar surface area (TPSA) is 24.5 Å². The standard InChI is InChI=1S/C17H36N2O/c1-13(2)10-18-11-15-8-9-16(20-15)12-19(7)14(3)17(4,5)6/h13-16,18H,8-12H2,1-7H3. The maximum atomic E-state index is 6.17. The van der Waals surface area contributed by atoms with Crippen molar-refractivity contribution in [3.8, 4) is 0 Å². The van der Waals surface area contributed by atoms with Gasteiger partial charge in [-0.25, -0.2) is 0 Å². The predicted octanol–water partition coefficient (Wildman–Crippen LogP) is 3.15. The number of hydrogen-bond acceptors (Lipinski definition) is 3. The minimum atomic E-state index is 0.325. The lowest BCUT2D eigenvalue weighted by Gasteiger charge is -2.36. The zero-order valence-electron chi connectivity index (χ0n) is 14.7. The van der Waals surface area contributed by atoms with Crippen LogP contribution in [-0.2, 0) is 4.74 Å². The fraction of sp³-hybridized carbons (Fsp3) is 1.00. The third kappa shape index (κ3) is 6.11. The molecule has 0 aliphatic carbocycles. The van der Waals surface area contributed by atoms with Gasteiger partial charge in [-0.05, 0) is 44.7 Å². The third-order valence-corrected chi connectivity index (χ3v) is 4.53. The molecule has 1 heterocycles. The average Bonchev–Trinajstić information content (AvgIpc) is 2.74. The summed E-state index contributed by atoms with van der Waals surface area (Å²) in [5, 5.41) is 3.51. The molecule has 0 aromatic rings. The molecular formula is C17H36N2O. The Labute approximate surface area is 126 Å². The second-order valence-corrected chi connectivity index (χ2v) is 7.99. The molecule has 0 saturated carbocycles. The van der Waals surface area contributed by atoms with Crippen molar-refractivity contribution < 1.29 is 4.74 Å². The van der Waals surface area contributed by atoms with E-state index in [-0.39, 0.29) is 0 Å². The number of nitrogens with one attached hydrogen (secondary N) is 1. The minimum absolute atomic E-state index is 0.325. The molecule has 1 rings (SSSR count). The van der Waals surface area contributed by atoms with Gasteiger partial charge in [-0.1, -0.05) is 34.6 Å². The summed E-state index contributed by atoms with van der Waals surface area (Å²) in [6.07, 6.45) is 3.23. The number of ether oxygens (including phenoxy) is 1. The van der Waals surface area contributed by atoms with E-state index in [4.69, 9.17) is 4.74 Å². The molecule has 1 saturated heterocycles. The Morgan fingerprint density at radius 1 is 1.15 bits per heavy atom. The van der Waals surface area contributed by atoms with Crippen molar-refractivity contribution in [1.29, 1.82) is 0 Å². The minimum Gasteiger partial charge on any atom is -0.372 e. The molecular weight excluding hydrogens is 248 g/mol. The van der Waals surface area contributed by atoms with Gasteiger partial charge in [0.05, 0.1) is 12.2 Å². The van der Waals surface area contributed by atoms with Crippen molar-refractivity contribution in [3.63, 3.8) is 0 Å². The quantitative estimate of drug-likeness (QED) is 0.777. The Morgan fingerprint density at radius 3 is 2.30 bits per heavy atom. The van der Waals surface area contributed by atoms with Crippen LogP contribution in [0.1, 0.15) is 54.4 Å². The fourth-order valence-electron chi connectivity index (χ4n) is 2.74. The first-order chi connectivity index (χ1) is 9.20. The highest BCUT2D eigenvalue weighted by Crippen LogP contribution is 2.26. The lowest BCUT2D eigenvalue weighted by Crippen LogP contribution is -2.43. The molecule has 0 radical (unpaired) electrons. The summed E-state index contributed by atoms with van der Waals surface area (Å²) in [5.41, 5.74) is 0.325. The molecule has 3 nitrogen and oxygen atoms in total. The van der Waals surface area contributed by atoms with Crippen LogP contribution in [0.3, 0.4) is 0 Å². The Balaban J connectivity index is 2.27. The zero-order chi connectivity index (χ0) is 15.3. The Kier molecular flexibility index (Phi) is 6.96. The lowest BCUT2D eigenvalue weighted by atomic mass is 9.87. The normalized spacial score (nSPS) is 25.6. The van der Waals surface area contributed by atoms with Gasteiger partial charge in [0.15, 0.2) is 0 Å². The van der Waals surface area contributed by atoms with Crippen molar-refractivity contribution in [2.75, 3.05) is 26.7 Å². The van der Waals surface area contributed by atoms with Gasteiger partial charge in [-0.2, -0.15) is 0 Å². The summed E-state index contributed by atoms with van der Waals surface area (Å²) in [5.74, 6) is 0.714. The largest absolute Gasteiger partial charge is 0.372 e. The van der Waals surface area contributed by atoms with Crippen LogP contribution in [0.5, 0.6) is 0 Å². The number of rotatable bonds is 7. The van der Waals surface area contributed by atoms with Gasteiger partial charge in [-0.3, -0.25) is 0 Å². The first-order valence-electron chi connectivity index (χ1n) is 8.26. The molecule has 120 valence electrons. The smallest absolute Gasteiger partial charge is 0.0707 e. The summed E-state index contributed by atoms with van der Waals surface area (Å²) in [6.45, 7) is 16.9. The number of nitrogens with zero attached hydrogens (tertiary/aromatic N) is 1. The highest BCUT2D eigenvalue weighted by molar-refractivity contribution is 4.82. The van der Waals surface area contributed by atoms with Crippen LogP contribution >= 0.6 is 0 Å². The second kappa shape index (κ2) is 7.77. The summed E-state index contributed by atoms with van der Waals surface area (Å²) >= 11 is 0. The third-order valence-electron chi connectivity index (χ3n) is 4.53. The molecule has 3 heteroatoms. The summed E-state index contributed by atoms with van der Waals surface area (Å²) < 4.78 is 6.17. The maximum absolute atomic E-state index is 6.17. The van der Waals surface area contributed by atoms with E-state index in [1.807, 2.05) is 0 Å². The summed E-state index contributed by atoms with van der Waals surface area (Å²) in [6, 6.07) is 0.573. The number of hydrogen-bond donors (Lipinski definition) is 1. The van der Waals surface area contributed by atoms with E-state index < -0.39 is 0 Å². The van der Waals surface area contributed by atoms with Crippen LogP contribution in [0.4, 0.5) is 0 Å². The second-order valence-electron chi connectivity index (χ2n) is 7.99. The van der Waals surface area contributed by atoms with Gasteiger partial charge >= 0.3 is 0 Å².